The smallest absolute Gasteiger partial charge is 0.131 e. The fourth-order valence-electron chi connectivity index (χ4n) is 2.50. The first-order valence-corrected chi connectivity index (χ1v) is 7.12. The van der Waals surface area contributed by atoms with Crippen molar-refractivity contribution in [3.05, 3.63) is 17.7 Å². The molecule has 2 N–H and O–H groups in total. The van der Waals surface area contributed by atoms with E-state index in [-0.39, 0.29) is 5.41 Å². The normalized spacial score (nSPS) is 12.1. The van der Waals surface area contributed by atoms with Gasteiger partial charge in [0.15, 0.2) is 0 Å². The van der Waals surface area contributed by atoms with Crippen molar-refractivity contribution in [2.24, 2.45) is 7.05 Å². The monoisotopic (exact) mass is 275 g/mol. The number of nitrogens with two attached hydrogens (primary N) is 1. The van der Waals surface area contributed by atoms with Gasteiger partial charge in [-0.2, -0.15) is 5.10 Å². The quantitative estimate of drug-likeness (QED) is 0.937. The molecule has 0 atom stereocenters. The van der Waals surface area contributed by atoms with Crippen LogP contribution in [0.2, 0.25) is 0 Å². The summed E-state index contributed by atoms with van der Waals surface area (Å²) < 4.78 is 3.91. The van der Waals surface area contributed by atoms with Gasteiger partial charge in [-0.25, -0.2) is 4.98 Å². The summed E-state index contributed by atoms with van der Waals surface area (Å²) in [4.78, 5) is 4.67. The minimum Gasteiger partial charge on any atom is -0.383 e. The van der Waals surface area contributed by atoms with E-state index in [1.54, 1.807) is 0 Å². The Morgan fingerprint density at radius 3 is 2.50 bits per heavy atom. The highest BCUT2D eigenvalue weighted by molar-refractivity contribution is 5.73. The van der Waals surface area contributed by atoms with Gasteiger partial charge in [-0.1, -0.05) is 27.7 Å². The topological polar surface area (TPSA) is 61.7 Å². The lowest BCUT2D eigenvalue weighted by molar-refractivity contribution is 0.554. The van der Waals surface area contributed by atoms with Crippen LogP contribution in [0.3, 0.4) is 0 Å². The third-order valence-corrected chi connectivity index (χ3v) is 3.44. The largest absolute Gasteiger partial charge is 0.383 e. The number of nitrogens with zero attached hydrogens (tertiary/aromatic N) is 4. The summed E-state index contributed by atoms with van der Waals surface area (Å²) in [7, 11) is 1.94. The van der Waals surface area contributed by atoms with Gasteiger partial charge in [-0.05, 0) is 13.3 Å². The van der Waals surface area contributed by atoms with E-state index < -0.39 is 0 Å². The Morgan fingerprint density at radius 2 is 1.95 bits per heavy atom. The maximum atomic E-state index is 6.31. The third kappa shape index (κ3) is 2.44. The lowest BCUT2D eigenvalue weighted by atomic mass is 9.89. The van der Waals surface area contributed by atoms with Gasteiger partial charge in [-0.15, -0.1) is 0 Å². The molecule has 20 heavy (non-hydrogen) atoms. The fraction of sp³-hybridized carbons (Fsp3) is 0.600. The standard InChI is InChI=1S/C15H25N5/c1-7-8-20-10(2)17-12(14(20)16)11-9-19(6)18-13(11)15(3,4)5/h9H,7-8,16H2,1-6H3. The van der Waals surface area contributed by atoms with Crippen molar-refractivity contribution in [2.45, 2.75) is 53.0 Å². The molecule has 0 radical (unpaired) electrons. The summed E-state index contributed by atoms with van der Waals surface area (Å²) in [6, 6.07) is 0. The second-order valence-corrected chi connectivity index (χ2v) is 6.36. The number of hydrogen-bond acceptors (Lipinski definition) is 3. The number of rotatable bonds is 3. The lowest BCUT2D eigenvalue weighted by Crippen LogP contribution is -2.14. The molecule has 5 heteroatoms. The summed E-state index contributed by atoms with van der Waals surface area (Å²) in [6.07, 6.45) is 3.05. The van der Waals surface area contributed by atoms with E-state index in [2.05, 4.69) is 42.3 Å². The zero-order chi connectivity index (χ0) is 15.1. The van der Waals surface area contributed by atoms with Crippen molar-refractivity contribution in [2.75, 3.05) is 5.73 Å². The summed E-state index contributed by atoms with van der Waals surface area (Å²) in [5.41, 5.74) is 9.20. The van der Waals surface area contributed by atoms with E-state index in [0.717, 1.165) is 41.6 Å². The molecular weight excluding hydrogens is 250 g/mol. The zero-order valence-corrected chi connectivity index (χ0v) is 13.4. The Kier molecular flexibility index (Phi) is 3.63. The van der Waals surface area contributed by atoms with Gasteiger partial charge in [-0.3, -0.25) is 4.68 Å². The van der Waals surface area contributed by atoms with Crippen LogP contribution in [-0.2, 0) is 19.0 Å². The molecule has 0 saturated heterocycles. The highest BCUT2D eigenvalue weighted by Crippen LogP contribution is 2.34. The molecule has 0 aliphatic rings. The maximum Gasteiger partial charge on any atom is 0.131 e. The van der Waals surface area contributed by atoms with Crippen LogP contribution in [0.5, 0.6) is 0 Å². The number of imidazole rings is 1. The first kappa shape index (κ1) is 14.6. The molecule has 0 aliphatic heterocycles. The van der Waals surface area contributed by atoms with Crippen molar-refractivity contribution in [1.29, 1.82) is 0 Å². The van der Waals surface area contributed by atoms with Crippen molar-refractivity contribution >= 4 is 5.82 Å². The summed E-state index contributed by atoms with van der Waals surface area (Å²) in [5, 5.41) is 4.60. The van der Waals surface area contributed by atoms with Crippen LogP contribution >= 0.6 is 0 Å². The van der Waals surface area contributed by atoms with Crippen LogP contribution in [0.1, 0.15) is 45.6 Å². The van der Waals surface area contributed by atoms with Gasteiger partial charge in [0.25, 0.3) is 0 Å². The molecule has 5 nitrogen and oxygen atoms in total. The molecule has 0 aromatic carbocycles. The van der Waals surface area contributed by atoms with Crippen molar-refractivity contribution < 1.29 is 0 Å². The molecule has 0 spiro atoms. The first-order chi connectivity index (χ1) is 9.25. The van der Waals surface area contributed by atoms with Crippen LogP contribution in [0.25, 0.3) is 11.3 Å². The molecule has 2 aromatic heterocycles. The molecule has 2 rings (SSSR count). The van der Waals surface area contributed by atoms with E-state index in [0.29, 0.717) is 0 Å². The molecule has 0 amide bonds. The number of aryl methyl sites for hydroxylation is 2. The second kappa shape index (κ2) is 4.96. The molecule has 0 fully saturated rings. The average Bonchev–Trinajstić information content (AvgIpc) is 2.84. The van der Waals surface area contributed by atoms with Crippen molar-refractivity contribution in [3.8, 4) is 11.3 Å². The minimum absolute atomic E-state index is 0.0362. The van der Waals surface area contributed by atoms with Gasteiger partial charge >= 0.3 is 0 Å². The van der Waals surface area contributed by atoms with E-state index in [4.69, 9.17) is 5.73 Å². The van der Waals surface area contributed by atoms with Gasteiger partial charge < -0.3 is 10.3 Å². The highest BCUT2D eigenvalue weighted by atomic mass is 15.3. The lowest BCUT2D eigenvalue weighted by Gasteiger charge is -2.17. The Balaban J connectivity index is 2.61. The number of aromatic nitrogens is 4. The van der Waals surface area contributed by atoms with Crippen LogP contribution in [0.15, 0.2) is 6.20 Å². The fourth-order valence-corrected chi connectivity index (χ4v) is 2.50. The number of anilines is 1. The zero-order valence-electron chi connectivity index (χ0n) is 13.4. The maximum absolute atomic E-state index is 6.31. The molecular formula is C15H25N5. The van der Waals surface area contributed by atoms with Crippen LogP contribution in [0, 0.1) is 6.92 Å². The summed E-state index contributed by atoms with van der Waals surface area (Å²) in [6.45, 7) is 11.5. The Bertz CT molecular complexity index is 613. The highest BCUT2D eigenvalue weighted by Gasteiger charge is 2.26. The second-order valence-electron chi connectivity index (χ2n) is 6.36. The summed E-state index contributed by atoms with van der Waals surface area (Å²) in [5.74, 6) is 1.70. The SMILES string of the molecule is CCCn1c(C)nc(-c2cn(C)nc2C(C)(C)C)c1N. The summed E-state index contributed by atoms with van der Waals surface area (Å²) >= 11 is 0. The molecule has 0 unspecified atom stereocenters. The minimum atomic E-state index is -0.0362. The van der Waals surface area contributed by atoms with Gasteiger partial charge in [0.05, 0.1) is 5.69 Å². The van der Waals surface area contributed by atoms with Crippen LogP contribution < -0.4 is 5.73 Å². The molecule has 110 valence electrons. The van der Waals surface area contributed by atoms with Gasteiger partial charge in [0.1, 0.15) is 17.3 Å². The van der Waals surface area contributed by atoms with E-state index >= 15 is 0 Å². The van der Waals surface area contributed by atoms with E-state index in [1.165, 1.54) is 0 Å². The molecule has 0 bridgehead atoms. The first-order valence-electron chi connectivity index (χ1n) is 7.12. The van der Waals surface area contributed by atoms with Crippen molar-refractivity contribution in [1.82, 2.24) is 19.3 Å². The predicted octanol–water partition coefficient (Wildman–Crippen LogP) is 2.88. The predicted molar refractivity (Wildman–Crippen MR) is 82.6 cm³/mol. The molecule has 0 saturated carbocycles. The molecule has 2 aromatic rings. The third-order valence-electron chi connectivity index (χ3n) is 3.44. The van der Waals surface area contributed by atoms with Crippen molar-refractivity contribution in [3.63, 3.8) is 0 Å². The van der Waals surface area contributed by atoms with Crippen LogP contribution in [0.4, 0.5) is 5.82 Å². The van der Waals surface area contributed by atoms with Crippen LogP contribution in [-0.4, -0.2) is 19.3 Å². The molecule has 2 heterocycles. The Morgan fingerprint density at radius 1 is 1.30 bits per heavy atom. The molecule has 0 aliphatic carbocycles. The average molecular weight is 275 g/mol. The van der Waals surface area contributed by atoms with Gasteiger partial charge in [0.2, 0.25) is 0 Å². The van der Waals surface area contributed by atoms with Gasteiger partial charge in [0, 0.05) is 30.8 Å². The number of nitrogen functional groups attached to an aromatic ring is 1. The number of hydrogen-bond donors (Lipinski definition) is 1. The Hall–Kier alpha value is -1.78. The van der Waals surface area contributed by atoms with E-state index in [9.17, 15) is 0 Å². The van der Waals surface area contributed by atoms with E-state index in [1.807, 2.05) is 24.9 Å². The Labute approximate surface area is 120 Å².